The van der Waals surface area contributed by atoms with Gasteiger partial charge < -0.3 is 10.2 Å². The predicted octanol–water partition coefficient (Wildman–Crippen LogP) is 2.43. The van der Waals surface area contributed by atoms with Gasteiger partial charge in [-0.05, 0) is 18.9 Å². The van der Waals surface area contributed by atoms with Gasteiger partial charge in [0.05, 0.1) is 11.8 Å². The van der Waals surface area contributed by atoms with Crippen LogP contribution in [-0.2, 0) is 0 Å². The van der Waals surface area contributed by atoms with Crippen LogP contribution in [0.2, 0.25) is 0 Å². The Morgan fingerprint density at radius 2 is 2.15 bits per heavy atom. The van der Waals surface area contributed by atoms with Crippen molar-refractivity contribution < 1.29 is 22.4 Å². The van der Waals surface area contributed by atoms with Crippen molar-refractivity contribution in [2.24, 2.45) is 0 Å². The smallest absolute Gasteiger partial charge is 0.372 e. The second-order valence-corrected chi connectivity index (χ2v) is 4.58. The molecule has 1 saturated carbocycles. The maximum absolute atomic E-state index is 13.2. The van der Waals surface area contributed by atoms with Gasteiger partial charge in [-0.2, -0.15) is 13.2 Å². The van der Waals surface area contributed by atoms with Gasteiger partial charge in [0, 0.05) is 13.1 Å². The van der Waals surface area contributed by atoms with E-state index in [1.165, 1.54) is 7.05 Å². The lowest BCUT2D eigenvalue weighted by atomic mass is 10.2. The molecule has 0 aromatic carbocycles. The van der Waals surface area contributed by atoms with Crippen LogP contribution in [0.5, 0.6) is 0 Å². The number of anilines is 1. The molecule has 1 N–H and O–H groups in total. The van der Waals surface area contributed by atoms with Gasteiger partial charge in [-0.25, -0.2) is 9.37 Å². The summed E-state index contributed by atoms with van der Waals surface area (Å²) in [5.74, 6) is -1.57. The zero-order valence-electron chi connectivity index (χ0n) is 10.7. The number of carbonyl (C=O) groups excluding carboxylic acids is 1. The highest BCUT2D eigenvalue weighted by molar-refractivity contribution is 5.99. The van der Waals surface area contributed by atoms with Crippen LogP contribution in [0.25, 0.3) is 0 Å². The van der Waals surface area contributed by atoms with Crippen molar-refractivity contribution in [3.63, 3.8) is 0 Å². The minimum absolute atomic E-state index is 0.0595. The van der Waals surface area contributed by atoms with Crippen molar-refractivity contribution in [2.45, 2.75) is 25.1 Å². The molecule has 0 radical (unpaired) electrons. The first kappa shape index (κ1) is 14.5. The molecular weight excluding hydrogens is 278 g/mol. The zero-order chi connectivity index (χ0) is 14.9. The molecule has 0 atom stereocenters. The first-order chi connectivity index (χ1) is 9.31. The number of aromatic nitrogens is 1. The molecule has 110 valence electrons. The van der Waals surface area contributed by atoms with Gasteiger partial charge in [0.1, 0.15) is 18.2 Å². The van der Waals surface area contributed by atoms with E-state index >= 15 is 0 Å². The van der Waals surface area contributed by atoms with Crippen molar-refractivity contribution in [1.29, 1.82) is 0 Å². The minimum atomic E-state index is -4.49. The first-order valence-electron chi connectivity index (χ1n) is 6.03. The lowest BCUT2D eigenvalue weighted by Crippen LogP contribution is -2.40. The lowest BCUT2D eigenvalue weighted by molar-refractivity contribution is -0.141. The number of pyridine rings is 1. The van der Waals surface area contributed by atoms with Crippen LogP contribution in [-0.4, -0.2) is 41.6 Å². The van der Waals surface area contributed by atoms with Gasteiger partial charge in [0.2, 0.25) is 0 Å². The molecule has 1 fully saturated rings. The maximum atomic E-state index is 13.2. The quantitative estimate of drug-likeness (QED) is 0.867. The van der Waals surface area contributed by atoms with Crippen LogP contribution in [0, 0.1) is 5.82 Å². The van der Waals surface area contributed by atoms with Gasteiger partial charge in [-0.1, -0.05) is 0 Å². The van der Waals surface area contributed by atoms with Gasteiger partial charge in [-0.15, -0.1) is 0 Å². The Morgan fingerprint density at radius 3 is 2.65 bits per heavy atom. The average Bonchev–Trinajstić information content (AvgIpc) is 3.18. The largest absolute Gasteiger partial charge is 0.406 e. The molecule has 20 heavy (non-hydrogen) atoms. The van der Waals surface area contributed by atoms with Crippen LogP contribution in [0.1, 0.15) is 23.2 Å². The third-order valence-electron chi connectivity index (χ3n) is 2.92. The zero-order valence-corrected chi connectivity index (χ0v) is 10.7. The molecule has 1 heterocycles. The molecule has 1 aromatic heterocycles. The highest BCUT2D eigenvalue weighted by Gasteiger charge is 2.41. The summed E-state index contributed by atoms with van der Waals surface area (Å²) >= 11 is 0. The second-order valence-electron chi connectivity index (χ2n) is 4.58. The second kappa shape index (κ2) is 5.26. The average molecular weight is 291 g/mol. The fourth-order valence-corrected chi connectivity index (χ4v) is 1.90. The van der Waals surface area contributed by atoms with Crippen LogP contribution in [0.4, 0.5) is 23.4 Å². The van der Waals surface area contributed by atoms with Crippen molar-refractivity contribution in [1.82, 2.24) is 9.88 Å². The van der Waals surface area contributed by atoms with E-state index in [0.29, 0.717) is 12.8 Å². The van der Waals surface area contributed by atoms with E-state index in [0.717, 1.165) is 17.2 Å². The number of alkyl halides is 3. The van der Waals surface area contributed by atoms with E-state index in [1.807, 2.05) is 0 Å². The van der Waals surface area contributed by atoms with Crippen LogP contribution in [0.3, 0.4) is 0 Å². The Balaban J connectivity index is 2.30. The van der Waals surface area contributed by atoms with E-state index < -0.39 is 30.5 Å². The van der Waals surface area contributed by atoms with Gasteiger partial charge >= 0.3 is 6.18 Å². The van der Waals surface area contributed by atoms with Gasteiger partial charge in [0.25, 0.3) is 5.91 Å². The summed E-state index contributed by atoms with van der Waals surface area (Å²) in [4.78, 5) is 16.6. The fourth-order valence-electron chi connectivity index (χ4n) is 1.90. The highest BCUT2D eigenvalue weighted by atomic mass is 19.4. The molecule has 4 nitrogen and oxygen atoms in total. The molecule has 1 aliphatic rings. The molecular formula is C12H13F4N3O. The molecule has 8 heteroatoms. The fraction of sp³-hybridized carbons (Fsp3) is 0.500. The molecule has 1 aromatic rings. The molecule has 0 spiro atoms. The topological polar surface area (TPSA) is 45.2 Å². The predicted molar refractivity (Wildman–Crippen MR) is 63.9 cm³/mol. The Labute approximate surface area is 112 Å². The third-order valence-corrected chi connectivity index (χ3v) is 2.92. The van der Waals surface area contributed by atoms with Crippen LogP contribution < -0.4 is 5.32 Å². The molecule has 0 aliphatic heterocycles. The molecule has 0 saturated heterocycles. The van der Waals surface area contributed by atoms with Crippen molar-refractivity contribution in [3.8, 4) is 0 Å². The summed E-state index contributed by atoms with van der Waals surface area (Å²) < 4.78 is 50.8. The monoisotopic (exact) mass is 291 g/mol. The van der Waals surface area contributed by atoms with E-state index in [1.54, 1.807) is 0 Å². The van der Waals surface area contributed by atoms with E-state index in [-0.39, 0.29) is 11.4 Å². The van der Waals surface area contributed by atoms with Crippen LogP contribution >= 0.6 is 0 Å². The number of nitrogens with one attached hydrogen (secondary N) is 1. The van der Waals surface area contributed by atoms with Crippen molar-refractivity contribution >= 4 is 11.7 Å². The maximum Gasteiger partial charge on any atom is 0.406 e. The summed E-state index contributed by atoms with van der Waals surface area (Å²) in [6.45, 7) is -1.34. The number of nitrogens with zero attached hydrogens (tertiary/aromatic N) is 2. The molecule has 1 aliphatic carbocycles. The SMILES string of the molecule is CNc1ncc(F)cc1C(=O)N(CC(F)(F)F)C1CC1. The number of halogens is 4. The summed E-state index contributed by atoms with van der Waals surface area (Å²) in [5.41, 5.74) is -0.191. The van der Waals surface area contributed by atoms with Crippen molar-refractivity contribution in [2.75, 3.05) is 18.9 Å². The number of rotatable bonds is 4. The Bertz CT molecular complexity index is 514. The molecule has 2 rings (SSSR count). The van der Waals surface area contributed by atoms with E-state index in [4.69, 9.17) is 0 Å². The van der Waals surface area contributed by atoms with E-state index in [2.05, 4.69) is 10.3 Å². The number of amides is 1. The molecule has 1 amide bonds. The number of hydrogen-bond donors (Lipinski definition) is 1. The van der Waals surface area contributed by atoms with Crippen molar-refractivity contribution in [3.05, 3.63) is 23.6 Å². The number of hydrogen-bond acceptors (Lipinski definition) is 3. The number of carbonyl (C=O) groups is 1. The standard InChI is InChI=1S/C12H13F4N3O/c1-17-10-9(4-7(13)5-18-10)11(20)19(8-2-3-8)6-12(14,15)16/h4-5,8H,2-3,6H2,1H3,(H,17,18). The van der Waals surface area contributed by atoms with Crippen LogP contribution in [0.15, 0.2) is 12.3 Å². The molecule has 0 unspecified atom stereocenters. The Morgan fingerprint density at radius 1 is 1.50 bits per heavy atom. The van der Waals surface area contributed by atoms with Gasteiger partial charge in [0.15, 0.2) is 0 Å². The highest BCUT2D eigenvalue weighted by Crippen LogP contribution is 2.32. The summed E-state index contributed by atoms with van der Waals surface area (Å²) in [5, 5.41) is 2.57. The first-order valence-corrected chi connectivity index (χ1v) is 6.03. The summed E-state index contributed by atoms with van der Waals surface area (Å²) in [6, 6.07) is 0.463. The van der Waals surface area contributed by atoms with Gasteiger partial charge in [-0.3, -0.25) is 4.79 Å². The Hall–Kier alpha value is -1.86. The Kier molecular flexibility index (Phi) is 3.82. The minimum Gasteiger partial charge on any atom is -0.372 e. The molecule has 0 bridgehead atoms. The normalized spacial score (nSPS) is 15.1. The third kappa shape index (κ3) is 3.37. The lowest BCUT2D eigenvalue weighted by Gasteiger charge is -2.24. The summed E-state index contributed by atoms with van der Waals surface area (Å²) in [6.07, 6.45) is -2.54. The van der Waals surface area contributed by atoms with E-state index in [9.17, 15) is 22.4 Å². The summed E-state index contributed by atoms with van der Waals surface area (Å²) in [7, 11) is 1.46.